The highest BCUT2D eigenvalue weighted by atomic mass is 16.5. The van der Waals surface area contributed by atoms with E-state index in [0.29, 0.717) is 12.6 Å². The predicted octanol–water partition coefficient (Wildman–Crippen LogP) is 1.55. The van der Waals surface area contributed by atoms with Crippen molar-refractivity contribution in [1.82, 2.24) is 5.32 Å². The molecule has 0 saturated carbocycles. The maximum Gasteiger partial charge on any atom is 0.0700 e. The summed E-state index contributed by atoms with van der Waals surface area (Å²) < 4.78 is 5.49. The second-order valence-corrected chi connectivity index (χ2v) is 5.71. The Hall–Kier alpha value is -0.120. The van der Waals surface area contributed by atoms with Gasteiger partial charge in [0, 0.05) is 19.7 Å². The van der Waals surface area contributed by atoms with Crippen molar-refractivity contribution in [3.05, 3.63) is 0 Å². The molecule has 0 radical (unpaired) electrons. The molecule has 0 aromatic carbocycles. The Morgan fingerprint density at radius 2 is 2.20 bits per heavy atom. The molecule has 1 heterocycles. The van der Waals surface area contributed by atoms with Crippen LogP contribution in [0, 0.1) is 5.41 Å². The third-order valence-electron chi connectivity index (χ3n) is 2.62. The summed E-state index contributed by atoms with van der Waals surface area (Å²) in [4.78, 5) is 0. The first-order valence-corrected chi connectivity index (χ1v) is 5.98. The molecule has 2 atom stereocenters. The fraction of sp³-hybridized carbons (Fsp3) is 1.00. The molecule has 0 aliphatic carbocycles. The Balaban J connectivity index is 2.03. The normalized spacial score (nSPS) is 24.4. The quantitative estimate of drug-likeness (QED) is 0.731. The van der Waals surface area contributed by atoms with E-state index < -0.39 is 0 Å². The van der Waals surface area contributed by atoms with Crippen molar-refractivity contribution < 1.29 is 9.84 Å². The lowest BCUT2D eigenvalue weighted by Gasteiger charge is -2.23. The van der Waals surface area contributed by atoms with Crippen LogP contribution >= 0.6 is 0 Å². The van der Waals surface area contributed by atoms with Gasteiger partial charge in [-0.05, 0) is 24.7 Å². The van der Waals surface area contributed by atoms with Crippen molar-refractivity contribution in [2.45, 2.75) is 52.2 Å². The molecule has 0 spiro atoms. The molecule has 0 amide bonds. The van der Waals surface area contributed by atoms with Crippen molar-refractivity contribution >= 4 is 0 Å². The average molecular weight is 215 g/mol. The van der Waals surface area contributed by atoms with Gasteiger partial charge in [-0.25, -0.2) is 0 Å². The van der Waals surface area contributed by atoms with Crippen molar-refractivity contribution in [2.75, 3.05) is 19.7 Å². The highest BCUT2D eigenvalue weighted by molar-refractivity contribution is 4.72. The number of rotatable bonds is 5. The zero-order valence-corrected chi connectivity index (χ0v) is 10.3. The Kier molecular flexibility index (Phi) is 5.03. The van der Waals surface area contributed by atoms with E-state index in [1.165, 1.54) is 6.42 Å². The molecule has 1 saturated heterocycles. The molecule has 2 unspecified atom stereocenters. The fourth-order valence-corrected chi connectivity index (χ4v) is 2.00. The van der Waals surface area contributed by atoms with Gasteiger partial charge in [-0.3, -0.25) is 0 Å². The van der Waals surface area contributed by atoms with Crippen molar-refractivity contribution in [3.8, 4) is 0 Å². The summed E-state index contributed by atoms with van der Waals surface area (Å²) in [5.74, 6) is 0. The van der Waals surface area contributed by atoms with Crippen molar-refractivity contribution in [2.24, 2.45) is 5.41 Å². The number of aliphatic hydroxyl groups excluding tert-OH is 1. The standard InChI is InChI=1S/C12H25NO2/c1-12(2,3)7-10(14)8-13-9-11-5-4-6-15-11/h10-11,13-14H,4-9H2,1-3H3. The van der Waals surface area contributed by atoms with Crippen LogP contribution in [0.25, 0.3) is 0 Å². The highest BCUT2D eigenvalue weighted by Gasteiger charge is 2.18. The van der Waals surface area contributed by atoms with Crippen molar-refractivity contribution in [3.63, 3.8) is 0 Å². The van der Waals surface area contributed by atoms with E-state index in [4.69, 9.17) is 4.74 Å². The molecule has 2 N–H and O–H groups in total. The van der Waals surface area contributed by atoms with Crippen LogP contribution in [0.3, 0.4) is 0 Å². The zero-order valence-electron chi connectivity index (χ0n) is 10.3. The third-order valence-corrected chi connectivity index (χ3v) is 2.62. The van der Waals surface area contributed by atoms with Gasteiger partial charge in [0.2, 0.25) is 0 Å². The summed E-state index contributed by atoms with van der Waals surface area (Å²) in [6, 6.07) is 0. The third kappa shape index (κ3) is 6.13. The van der Waals surface area contributed by atoms with E-state index in [1.807, 2.05) is 0 Å². The van der Waals surface area contributed by atoms with Crippen LogP contribution in [0.4, 0.5) is 0 Å². The van der Waals surface area contributed by atoms with E-state index in [-0.39, 0.29) is 11.5 Å². The molecule has 3 nitrogen and oxygen atoms in total. The zero-order chi connectivity index (χ0) is 11.3. The summed E-state index contributed by atoms with van der Waals surface area (Å²) in [6.45, 7) is 8.90. The van der Waals surface area contributed by atoms with Crippen LogP contribution in [0.5, 0.6) is 0 Å². The molecule has 0 aromatic heterocycles. The minimum Gasteiger partial charge on any atom is -0.392 e. The lowest BCUT2D eigenvalue weighted by molar-refractivity contribution is 0.0936. The molecular weight excluding hydrogens is 190 g/mol. The molecule has 1 rings (SSSR count). The molecule has 90 valence electrons. The smallest absolute Gasteiger partial charge is 0.0700 e. The lowest BCUT2D eigenvalue weighted by Crippen LogP contribution is -2.34. The van der Waals surface area contributed by atoms with Gasteiger partial charge in [0.05, 0.1) is 12.2 Å². The number of nitrogens with one attached hydrogen (secondary N) is 1. The largest absolute Gasteiger partial charge is 0.392 e. The van der Waals surface area contributed by atoms with Gasteiger partial charge in [-0.1, -0.05) is 20.8 Å². The highest BCUT2D eigenvalue weighted by Crippen LogP contribution is 2.20. The summed E-state index contributed by atoms with van der Waals surface area (Å²) in [7, 11) is 0. The Bertz CT molecular complexity index is 171. The predicted molar refractivity (Wildman–Crippen MR) is 61.9 cm³/mol. The number of aliphatic hydroxyl groups is 1. The van der Waals surface area contributed by atoms with Gasteiger partial charge < -0.3 is 15.2 Å². The van der Waals surface area contributed by atoms with Gasteiger partial charge in [0.1, 0.15) is 0 Å². The molecule has 1 fully saturated rings. The van der Waals surface area contributed by atoms with Crippen LogP contribution in [0.2, 0.25) is 0 Å². The second kappa shape index (κ2) is 5.83. The maximum atomic E-state index is 9.76. The average Bonchev–Trinajstić information content (AvgIpc) is 2.53. The van der Waals surface area contributed by atoms with Crippen LogP contribution in [0.1, 0.15) is 40.0 Å². The van der Waals surface area contributed by atoms with E-state index in [2.05, 4.69) is 26.1 Å². The minimum atomic E-state index is -0.244. The second-order valence-electron chi connectivity index (χ2n) is 5.71. The van der Waals surface area contributed by atoms with Gasteiger partial charge in [-0.15, -0.1) is 0 Å². The van der Waals surface area contributed by atoms with Crippen LogP contribution in [-0.4, -0.2) is 37.0 Å². The molecular formula is C12H25NO2. The monoisotopic (exact) mass is 215 g/mol. The van der Waals surface area contributed by atoms with E-state index in [9.17, 15) is 5.11 Å². The Morgan fingerprint density at radius 1 is 1.47 bits per heavy atom. The topological polar surface area (TPSA) is 41.5 Å². The maximum absolute atomic E-state index is 9.76. The molecule has 1 aliphatic rings. The van der Waals surface area contributed by atoms with E-state index >= 15 is 0 Å². The summed E-state index contributed by atoms with van der Waals surface area (Å²) >= 11 is 0. The summed E-state index contributed by atoms with van der Waals surface area (Å²) in [6.07, 6.45) is 3.29. The van der Waals surface area contributed by atoms with Gasteiger partial charge in [0.15, 0.2) is 0 Å². The van der Waals surface area contributed by atoms with Crippen molar-refractivity contribution in [1.29, 1.82) is 0 Å². The number of hydrogen-bond acceptors (Lipinski definition) is 3. The van der Waals surface area contributed by atoms with E-state index in [0.717, 1.165) is 26.0 Å². The molecule has 3 heteroatoms. The van der Waals surface area contributed by atoms with Gasteiger partial charge in [-0.2, -0.15) is 0 Å². The Morgan fingerprint density at radius 3 is 2.73 bits per heavy atom. The minimum absolute atomic E-state index is 0.199. The van der Waals surface area contributed by atoms with Crippen LogP contribution in [-0.2, 0) is 4.74 Å². The number of ether oxygens (including phenoxy) is 1. The van der Waals surface area contributed by atoms with Gasteiger partial charge in [0.25, 0.3) is 0 Å². The molecule has 0 bridgehead atoms. The van der Waals surface area contributed by atoms with Crippen LogP contribution in [0.15, 0.2) is 0 Å². The SMILES string of the molecule is CC(C)(C)CC(O)CNCC1CCCO1. The first-order valence-electron chi connectivity index (χ1n) is 5.98. The molecule has 0 aromatic rings. The van der Waals surface area contributed by atoms with Gasteiger partial charge >= 0.3 is 0 Å². The van der Waals surface area contributed by atoms with Crippen LogP contribution < -0.4 is 5.32 Å². The first-order chi connectivity index (χ1) is 6.97. The molecule has 1 aliphatic heterocycles. The Labute approximate surface area is 93.2 Å². The lowest BCUT2D eigenvalue weighted by atomic mass is 9.89. The fourth-order valence-electron chi connectivity index (χ4n) is 2.00. The number of hydrogen-bond donors (Lipinski definition) is 2. The first kappa shape index (κ1) is 12.9. The molecule has 15 heavy (non-hydrogen) atoms. The summed E-state index contributed by atoms with van der Waals surface area (Å²) in [5, 5.41) is 13.0. The van der Waals surface area contributed by atoms with E-state index in [1.54, 1.807) is 0 Å². The summed E-state index contributed by atoms with van der Waals surface area (Å²) in [5.41, 5.74) is 0.199.